The highest BCUT2D eigenvalue weighted by Crippen LogP contribution is 2.29. The van der Waals surface area contributed by atoms with Crippen LogP contribution in [0.5, 0.6) is 0 Å². The highest BCUT2D eigenvalue weighted by molar-refractivity contribution is 6.30. The number of aromatic amines is 1. The zero-order chi connectivity index (χ0) is 17.8. The van der Waals surface area contributed by atoms with E-state index in [9.17, 15) is 0 Å². The van der Waals surface area contributed by atoms with Crippen molar-refractivity contribution in [3.8, 4) is 11.1 Å². The van der Waals surface area contributed by atoms with Gasteiger partial charge in [-0.25, -0.2) is 0 Å². The van der Waals surface area contributed by atoms with E-state index >= 15 is 0 Å². The predicted octanol–water partition coefficient (Wildman–Crippen LogP) is 3.77. The molecule has 4 nitrogen and oxygen atoms in total. The number of halogens is 1. The van der Waals surface area contributed by atoms with Crippen molar-refractivity contribution in [2.24, 2.45) is 0 Å². The van der Waals surface area contributed by atoms with Gasteiger partial charge >= 0.3 is 0 Å². The van der Waals surface area contributed by atoms with Crippen molar-refractivity contribution in [2.75, 3.05) is 32.7 Å². The average molecular weight is 367 g/mol. The molecule has 0 bridgehead atoms. The summed E-state index contributed by atoms with van der Waals surface area (Å²) in [6.07, 6.45) is 3.78. The number of nitrogens with zero attached hydrogens (tertiary/aromatic N) is 2. The van der Waals surface area contributed by atoms with Crippen LogP contribution in [0.4, 0.5) is 0 Å². The smallest absolute Gasteiger partial charge is 0.0565 e. The van der Waals surface area contributed by atoms with E-state index in [-0.39, 0.29) is 0 Å². The van der Waals surface area contributed by atoms with Gasteiger partial charge in [-0.2, -0.15) is 5.10 Å². The minimum Gasteiger partial charge on any atom is -0.314 e. The Morgan fingerprint density at radius 2 is 1.58 bits per heavy atom. The van der Waals surface area contributed by atoms with Crippen LogP contribution in [-0.2, 0) is 0 Å². The molecular formula is C21H23ClN4. The maximum absolute atomic E-state index is 6.10. The van der Waals surface area contributed by atoms with Crippen molar-refractivity contribution in [1.82, 2.24) is 20.4 Å². The minimum atomic E-state index is 0.337. The van der Waals surface area contributed by atoms with Gasteiger partial charge in [-0.05, 0) is 28.8 Å². The highest BCUT2D eigenvalue weighted by atomic mass is 35.5. The molecule has 4 rings (SSSR count). The van der Waals surface area contributed by atoms with Gasteiger partial charge in [-0.3, -0.25) is 10.00 Å². The van der Waals surface area contributed by atoms with Crippen LogP contribution in [-0.4, -0.2) is 47.8 Å². The molecule has 2 heterocycles. The number of nitrogens with one attached hydrogen (secondary N) is 2. The molecule has 0 radical (unpaired) electrons. The van der Waals surface area contributed by atoms with Crippen LogP contribution < -0.4 is 5.32 Å². The van der Waals surface area contributed by atoms with Gasteiger partial charge in [-0.1, -0.05) is 48.0 Å². The van der Waals surface area contributed by atoms with Crippen LogP contribution in [0.25, 0.3) is 11.1 Å². The molecule has 0 amide bonds. The van der Waals surface area contributed by atoms with E-state index in [1.807, 2.05) is 24.5 Å². The summed E-state index contributed by atoms with van der Waals surface area (Å²) in [6.45, 7) is 5.34. The topological polar surface area (TPSA) is 44.0 Å². The molecule has 2 N–H and O–H groups in total. The van der Waals surface area contributed by atoms with Crippen LogP contribution in [0.2, 0.25) is 5.02 Å². The Hall–Kier alpha value is -2.14. The maximum Gasteiger partial charge on any atom is 0.0565 e. The molecule has 26 heavy (non-hydrogen) atoms. The zero-order valence-electron chi connectivity index (χ0n) is 14.7. The van der Waals surface area contributed by atoms with Crippen LogP contribution >= 0.6 is 11.6 Å². The summed E-state index contributed by atoms with van der Waals surface area (Å²) >= 11 is 6.10. The van der Waals surface area contributed by atoms with E-state index in [1.165, 1.54) is 16.7 Å². The zero-order valence-corrected chi connectivity index (χ0v) is 15.4. The molecule has 0 saturated carbocycles. The molecule has 1 saturated heterocycles. The number of piperazine rings is 1. The third-order valence-corrected chi connectivity index (χ3v) is 5.32. The van der Waals surface area contributed by atoms with E-state index in [2.05, 4.69) is 56.8 Å². The molecule has 0 aliphatic carbocycles. The van der Waals surface area contributed by atoms with E-state index in [1.54, 1.807) is 0 Å². The maximum atomic E-state index is 6.10. The molecular weight excluding hydrogens is 344 g/mol. The average Bonchev–Trinajstić information content (AvgIpc) is 3.23. The molecule has 1 fully saturated rings. The fourth-order valence-corrected chi connectivity index (χ4v) is 3.69. The molecule has 1 unspecified atom stereocenters. The van der Waals surface area contributed by atoms with Crippen molar-refractivity contribution in [2.45, 2.75) is 5.92 Å². The Bertz CT molecular complexity index is 806. The normalized spacial score (nSPS) is 16.5. The third-order valence-electron chi connectivity index (χ3n) is 5.07. The second-order valence-electron chi connectivity index (χ2n) is 6.76. The Morgan fingerprint density at radius 1 is 0.923 bits per heavy atom. The molecule has 0 spiro atoms. The van der Waals surface area contributed by atoms with Gasteiger partial charge < -0.3 is 5.32 Å². The van der Waals surface area contributed by atoms with Crippen molar-refractivity contribution < 1.29 is 0 Å². The van der Waals surface area contributed by atoms with Crippen molar-refractivity contribution in [3.05, 3.63) is 77.1 Å². The van der Waals surface area contributed by atoms with Crippen molar-refractivity contribution in [1.29, 1.82) is 0 Å². The Labute approximate surface area is 159 Å². The van der Waals surface area contributed by atoms with E-state index in [4.69, 9.17) is 11.6 Å². The lowest BCUT2D eigenvalue weighted by Gasteiger charge is -2.31. The summed E-state index contributed by atoms with van der Waals surface area (Å²) in [5, 5.41) is 11.1. The molecule has 2 aromatic carbocycles. The summed E-state index contributed by atoms with van der Waals surface area (Å²) in [7, 11) is 0. The fraction of sp³-hybridized carbons (Fsp3) is 0.286. The lowest BCUT2D eigenvalue weighted by Crippen LogP contribution is -2.45. The van der Waals surface area contributed by atoms with Crippen LogP contribution in [0.15, 0.2) is 60.9 Å². The number of H-pyrrole nitrogens is 1. The van der Waals surface area contributed by atoms with Gasteiger partial charge in [0.1, 0.15) is 0 Å². The van der Waals surface area contributed by atoms with Crippen LogP contribution in [0.3, 0.4) is 0 Å². The van der Waals surface area contributed by atoms with Crippen LogP contribution in [0, 0.1) is 0 Å². The number of rotatable bonds is 5. The number of aromatic nitrogens is 2. The molecule has 1 aliphatic heterocycles. The van der Waals surface area contributed by atoms with Gasteiger partial charge in [0, 0.05) is 55.4 Å². The monoisotopic (exact) mass is 366 g/mol. The highest BCUT2D eigenvalue weighted by Gasteiger charge is 2.20. The summed E-state index contributed by atoms with van der Waals surface area (Å²) in [5.74, 6) is 0.337. The second kappa shape index (κ2) is 8.04. The van der Waals surface area contributed by atoms with Gasteiger partial charge in [0.05, 0.1) is 6.20 Å². The first kappa shape index (κ1) is 17.3. The Kier molecular flexibility index (Phi) is 5.34. The largest absolute Gasteiger partial charge is 0.314 e. The lowest BCUT2D eigenvalue weighted by molar-refractivity contribution is 0.234. The molecule has 5 heteroatoms. The van der Waals surface area contributed by atoms with Crippen LogP contribution in [0.1, 0.15) is 17.0 Å². The van der Waals surface area contributed by atoms with Gasteiger partial charge in [0.2, 0.25) is 0 Å². The van der Waals surface area contributed by atoms with E-state index in [0.29, 0.717) is 5.92 Å². The molecule has 3 aromatic rings. The quantitative estimate of drug-likeness (QED) is 0.722. The summed E-state index contributed by atoms with van der Waals surface area (Å²) < 4.78 is 0. The summed E-state index contributed by atoms with van der Waals surface area (Å²) in [4.78, 5) is 2.54. The standard InChI is InChI=1S/C21H23ClN4/c22-20-7-5-18(6-8-20)21(15-26-11-9-23-10-12-26)17-3-1-16(2-4-17)19-13-24-25-14-19/h1-8,13-14,21,23H,9-12,15H2,(H,24,25). The third kappa shape index (κ3) is 3.98. The molecule has 1 aliphatic rings. The first-order valence-corrected chi connectivity index (χ1v) is 9.45. The Morgan fingerprint density at radius 3 is 2.19 bits per heavy atom. The summed E-state index contributed by atoms with van der Waals surface area (Å²) in [5.41, 5.74) is 4.93. The first-order valence-electron chi connectivity index (χ1n) is 9.07. The number of hydrogen-bond donors (Lipinski definition) is 2. The van der Waals surface area contributed by atoms with Crippen molar-refractivity contribution >= 4 is 11.6 Å². The predicted molar refractivity (Wildman–Crippen MR) is 107 cm³/mol. The SMILES string of the molecule is Clc1ccc(C(CN2CCNCC2)c2ccc(-c3cn[nH]c3)cc2)cc1. The fourth-order valence-electron chi connectivity index (χ4n) is 3.57. The molecule has 134 valence electrons. The van der Waals surface area contributed by atoms with E-state index in [0.717, 1.165) is 43.3 Å². The first-order chi connectivity index (χ1) is 12.8. The second-order valence-corrected chi connectivity index (χ2v) is 7.20. The molecule has 1 aromatic heterocycles. The number of hydrogen-bond acceptors (Lipinski definition) is 3. The van der Waals surface area contributed by atoms with Gasteiger partial charge in [-0.15, -0.1) is 0 Å². The summed E-state index contributed by atoms with van der Waals surface area (Å²) in [6, 6.07) is 17.1. The van der Waals surface area contributed by atoms with Gasteiger partial charge in [0.15, 0.2) is 0 Å². The van der Waals surface area contributed by atoms with E-state index < -0.39 is 0 Å². The minimum absolute atomic E-state index is 0.337. The lowest BCUT2D eigenvalue weighted by atomic mass is 9.89. The van der Waals surface area contributed by atoms with Crippen molar-refractivity contribution in [3.63, 3.8) is 0 Å². The number of benzene rings is 2. The van der Waals surface area contributed by atoms with Gasteiger partial charge in [0.25, 0.3) is 0 Å². The Balaban J connectivity index is 1.61. The molecule has 1 atom stereocenters.